The molecule has 0 spiro atoms. The SMILES string of the molecule is CCOC(=O)[C@H](Cc1ccc(F)cc1)NC(=O)[C@@H]1CCCN1C(=O)[C@@H](NC(=O)[C@H](C)NCCCCCCCCCCN)C(C)(C)C.Cl. The Hall–Kier alpha value is -2.76. The molecule has 10 nitrogen and oxygen atoms in total. The number of unbranched alkanes of at least 4 members (excludes halogenated alkanes) is 7. The van der Waals surface area contributed by atoms with Crippen LogP contribution in [0.1, 0.15) is 104 Å². The molecule has 2 rings (SSSR count). The number of nitrogens with one attached hydrogen (secondary N) is 3. The van der Waals surface area contributed by atoms with E-state index < -0.39 is 47.3 Å². The van der Waals surface area contributed by atoms with Crippen LogP contribution in [-0.4, -0.2) is 79.0 Å². The number of esters is 1. The van der Waals surface area contributed by atoms with Crippen molar-refractivity contribution in [1.29, 1.82) is 0 Å². The molecule has 3 amide bonds. The molecular formula is C35H59ClFN5O5. The van der Waals surface area contributed by atoms with E-state index in [0.29, 0.717) is 31.5 Å². The Kier molecular flexibility index (Phi) is 19.8. The van der Waals surface area contributed by atoms with E-state index in [-0.39, 0.29) is 37.2 Å². The zero-order valence-electron chi connectivity index (χ0n) is 29.1. The lowest BCUT2D eigenvalue weighted by molar-refractivity contribution is -0.149. The summed E-state index contributed by atoms with van der Waals surface area (Å²) in [6.45, 7) is 11.1. The first-order chi connectivity index (χ1) is 21.9. The summed E-state index contributed by atoms with van der Waals surface area (Å²) in [5.41, 5.74) is 5.59. The van der Waals surface area contributed by atoms with Gasteiger partial charge in [-0.2, -0.15) is 0 Å². The van der Waals surface area contributed by atoms with Gasteiger partial charge in [0, 0.05) is 13.0 Å². The molecule has 0 radical (unpaired) electrons. The highest BCUT2D eigenvalue weighted by molar-refractivity contribution is 5.95. The molecular weight excluding hydrogens is 625 g/mol. The van der Waals surface area contributed by atoms with Gasteiger partial charge in [-0.15, -0.1) is 12.4 Å². The number of nitrogens with two attached hydrogens (primary N) is 1. The maximum absolute atomic E-state index is 13.9. The van der Waals surface area contributed by atoms with Gasteiger partial charge in [-0.05, 0) is 75.7 Å². The molecule has 1 aliphatic heterocycles. The van der Waals surface area contributed by atoms with E-state index in [0.717, 1.165) is 25.8 Å². The summed E-state index contributed by atoms with van der Waals surface area (Å²) in [5.74, 6) is -2.06. The number of likely N-dealkylation sites (tertiary alicyclic amines) is 1. The zero-order valence-corrected chi connectivity index (χ0v) is 29.9. The molecule has 5 N–H and O–H groups in total. The van der Waals surface area contributed by atoms with Crippen LogP contribution >= 0.6 is 12.4 Å². The Morgan fingerprint density at radius 1 is 0.979 bits per heavy atom. The highest BCUT2D eigenvalue weighted by Crippen LogP contribution is 2.26. The van der Waals surface area contributed by atoms with Crippen molar-refractivity contribution in [3.05, 3.63) is 35.6 Å². The second kappa shape index (κ2) is 22.0. The third kappa shape index (κ3) is 14.9. The fourth-order valence-electron chi connectivity index (χ4n) is 5.69. The van der Waals surface area contributed by atoms with Gasteiger partial charge < -0.3 is 31.3 Å². The Morgan fingerprint density at radius 2 is 1.57 bits per heavy atom. The second-order valence-corrected chi connectivity index (χ2v) is 13.4. The Bertz CT molecular complexity index is 1100. The first-order valence-electron chi connectivity index (χ1n) is 17.1. The minimum Gasteiger partial charge on any atom is -0.464 e. The van der Waals surface area contributed by atoms with Gasteiger partial charge >= 0.3 is 5.97 Å². The fourth-order valence-corrected chi connectivity index (χ4v) is 5.69. The van der Waals surface area contributed by atoms with Gasteiger partial charge in [0.25, 0.3) is 0 Å². The second-order valence-electron chi connectivity index (χ2n) is 13.4. The molecule has 47 heavy (non-hydrogen) atoms. The van der Waals surface area contributed by atoms with Crippen LogP contribution in [0.15, 0.2) is 24.3 Å². The number of hydrogen-bond acceptors (Lipinski definition) is 7. The smallest absolute Gasteiger partial charge is 0.328 e. The summed E-state index contributed by atoms with van der Waals surface area (Å²) in [4.78, 5) is 54.9. The van der Waals surface area contributed by atoms with Crippen LogP contribution in [0.25, 0.3) is 0 Å². The number of halogens is 2. The van der Waals surface area contributed by atoms with Gasteiger partial charge in [-0.3, -0.25) is 14.4 Å². The van der Waals surface area contributed by atoms with Gasteiger partial charge in [0.2, 0.25) is 17.7 Å². The maximum atomic E-state index is 13.9. The van der Waals surface area contributed by atoms with E-state index in [4.69, 9.17) is 10.5 Å². The van der Waals surface area contributed by atoms with Crippen molar-refractivity contribution in [2.45, 2.75) is 129 Å². The van der Waals surface area contributed by atoms with Crippen LogP contribution in [0, 0.1) is 11.2 Å². The molecule has 1 heterocycles. The number of hydrogen-bond donors (Lipinski definition) is 4. The van der Waals surface area contributed by atoms with Crippen molar-refractivity contribution < 1.29 is 28.3 Å². The molecule has 268 valence electrons. The van der Waals surface area contributed by atoms with Gasteiger partial charge in [-0.25, -0.2) is 9.18 Å². The Balaban J connectivity index is 0.0000110. The van der Waals surface area contributed by atoms with Crippen molar-refractivity contribution in [1.82, 2.24) is 20.9 Å². The number of amides is 3. The zero-order chi connectivity index (χ0) is 34.1. The number of benzene rings is 1. The summed E-state index contributed by atoms with van der Waals surface area (Å²) in [7, 11) is 0. The van der Waals surface area contributed by atoms with E-state index in [1.165, 1.54) is 49.1 Å². The summed E-state index contributed by atoms with van der Waals surface area (Å²) >= 11 is 0. The third-order valence-corrected chi connectivity index (χ3v) is 8.45. The molecule has 1 fully saturated rings. The van der Waals surface area contributed by atoms with Crippen LogP contribution in [-0.2, 0) is 30.3 Å². The number of ether oxygens (including phenoxy) is 1. The lowest BCUT2D eigenvalue weighted by atomic mass is 9.85. The highest BCUT2D eigenvalue weighted by atomic mass is 35.5. The average molecular weight is 684 g/mol. The molecule has 1 aromatic rings. The maximum Gasteiger partial charge on any atom is 0.328 e. The van der Waals surface area contributed by atoms with Gasteiger partial charge in [0.05, 0.1) is 12.6 Å². The molecule has 0 aliphatic carbocycles. The topological polar surface area (TPSA) is 143 Å². The van der Waals surface area contributed by atoms with Gasteiger partial charge in [0.1, 0.15) is 23.9 Å². The van der Waals surface area contributed by atoms with E-state index in [1.54, 1.807) is 26.0 Å². The molecule has 1 aliphatic rings. The summed E-state index contributed by atoms with van der Waals surface area (Å²) in [6.07, 6.45) is 10.4. The molecule has 1 aromatic carbocycles. The van der Waals surface area contributed by atoms with Crippen molar-refractivity contribution in [2.75, 3.05) is 26.2 Å². The standard InChI is InChI=1S/C35H58FN5O5.ClH/c1-6-46-34(45)28(24-26-17-19-27(36)20-18-26)39-32(43)29-16-15-23-41(29)33(44)30(35(3,4)5)40-31(42)25(2)38-22-14-12-10-8-7-9-11-13-21-37;/h17-20,25,28-30,38H,6-16,21-24,37H2,1-5H3,(H,39,43)(H,40,42);1H/t25-,28-,29-,30+;/m0./s1. The van der Waals surface area contributed by atoms with E-state index in [2.05, 4.69) is 16.0 Å². The van der Waals surface area contributed by atoms with Crippen molar-refractivity contribution in [2.24, 2.45) is 11.1 Å². The van der Waals surface area contributed by atoms with Gasteiger partial charge in [-0.1, -0.05) is 71.4 Å². The normalized spacial score (nSPS) is 16.5. The van der Waals surface area contributed by atoms with E-state index >= 15 is 0 Å². The highest BCUT2D eigenvalue weighted by Gasteiger charge is 2.43. The molecule has 4 atom stereocenters. The average Bonchev–Trinajstić information content (AvgIpc) is 3.51. The fraction of sp³-hybridized carbons (Fsp3) is 0.714. The van der Waals surface area contributed by atoms with Crippen LogP contribution in [0.5, 0.6) is 0 Å². The molecule has 0 saturated carbocycles. The summed E-state index contributed by atoms with van der Waals surface area (Å²) < 4.78 is 18.6. The first-order valence-corrected chi connectivity index (χ1v) is 17.1. The minimum absolute atomic E-state index is 0. The first kappa shape index (κ1) is 42.3. The van der Waals surface area contributed by atoms with Crippen molar-refractivity contribution >= 4 is 36.1 Å². The van der Waals surface area contributed by atoms with Crippen LogP contribution in [0.3, 0.4) is 0 Å². The molecule has 1 saturated heterocycles. The minimum atomic E-state index is -0.998. The quantitative estimate of drug-likeness (QED) is 0.118. The molecule has 0 bridgehead atoms. The number of carbonyl (C=O) groups is 4. The molecule has 0 unspecified atom stereocenters. The predicted molar refractivity (Wildman–Crippen MR) is 185 cm³/mol. The van der Waals surface area contributed by atoms with E-state index in [1.807, 2.05) is 20.8 Å². The van der Waals surface area contributed by atoms with Crippen LogP contribution in [0.2, 0.25) is 0 Å². The van der Waals surface area contributed by atoms with Gasteiger partial charge in [0.15, 0.2) is 0 Å². The predicted octanol–water partition coefficient (Wildman–Crippen LogP) is 4.42. The Morgan fingerprint density at radius 3 is 2.15 bits per heavy atom. The van der Waals surface area contributed by atoms with E-state index in [9.17, 15) is 23.6 Å². The molecule has 0 aromatic heterocycles. The molecule has 12 heteroatoms. The summed E-state index contributed by atoms with van der Waals surface area (Å²) in [6, 6.07) is 2.57. The monoisotopic (exact) mass is 683 g/mol. The lowest BCUT2D eigenvalue weighted by Gasteiger charge is -2.36. The van der Waals surface area contributed by atoms with Crippen molar-refractivity contribution in [3.8, 4) is 0 Å². The van der Waals surface area contributed by atoms with Crippen molar-refractivity contribution in [3.63, 3.8) is 0 Å². The van der Waals surface area contributed by atoms with Crippen LogP contribution < -0.4 is 21.7 Å². The lowest BCUT2D eigenvalue weighted by Crippen LogP contribution is -2.60. The number of rotatable bonds is 20. The number of carbonyl (C=O) groups excluding carboxylic acids is 4. The largest absolute Gasteiger partial charge is 0.464 e. The third-order valence-electron chi connectivity index (χ3n) is 8.45. The van der Waals surface area contributed by atoms with Crippen LogP contribution in [0.4, 0.5) is 4.39 Å². The Labute approximate surface area is 287 Å². The summed E-state index contributed by atoms with van der Waals surface area (Å²) in [5, 5.41) is 9.01. The number of nitrogens with zero attached hydrogens (tertiary/aromatic N) is 1.